The minimum atomic E-state index is -2.28. The molecular formula is C27H31N2O+. The van der Waals surface area contributed by atoms with Gasteiger partial charge >= 0.3 is 0 Å². The van der Waals surface area contributed by atoms with Crippen molar-refractivity contribution in [3.63, 3.8) is 0 Å². The molecule has 1 aliphatic carbocycles. The number of benzene rings is 1. The molecule has 0 radical (unpaired) electrons. The minimum Gasteiger partial charge on any atom is -0.437 e. The quantitative estimate of drug-likeness (QED) is 0.349. The number of furan rings is 1. The number of pyridine rings is 2. The number of hydrogen-bond acceptors (Lipinski definition) is 2. The Balaban J connectivity index is 1.81. The van der Waals surface area contributed by atoms with Crippen molar-refractivity contribution in [2.45, 2.75) is 65.1 Å². The molecule has 3 heteroatoms. The Morgan fingerprint density at radius 1 is 1.13 bits per heavy atom. The summed E-state index contributed by atoms with van der Waals surface area (Å²) in [6.07, 6.45) is 4.95. The third-order valence-electron chi connectivity index (χ3n) is 6.45. The van der Waals surface area contributed by atoms with Crippen molar-refractivity contribution in [1.82, 2.24) is 4.98 Å². The van der Waals surface area contributed by atoms with E-state index in [4.69, 9.17) is 14.9 Å². The molecule has 0 atom stereocenters. The smallest absolute Gasteiger partial charge is 0.227 e. The van der Waals surface area contributed by atoms with Crippen LogP contribution in [0.4, 0.5) is 0 Å². The van der Waals surface area contributed by atoms with Crippen molar-refractivity contribution in [1.29, 1.82) is 0 Å². The van der Waals surface area contributed by atoms with Gasteiger partial charge in [-0.2, -0.15) is 0 Å². The Morgan fingerprint density at radius 2 is 1.90 bits per heavy atom. The van der Waals surface area contributed by atoms with Crippen LogP contribution in [0.1, 0.15) is 79.2 Å². The molecule has 0 N–H and O–H groups in total. The van der Waals surface area contributed by atoms with E-state index in [2.05, 4.69) is 38.1 Å². The van der Waals surface area contributed by atoms with Gasteiger partial charge in [0.25, 0.3) is 0 Å². The molecule has 5 rings (SSSR count). The second-order valence-electron chi connectivity index (χ2n) is 8.89. The zero-order chi connectivity index (χ0) is 24.4. The van der Waals surface area contributed by atoms with Gasteiger partial charge in [0.1, 0.15) is 7.05 Å². The summed E-state index contributed by atoms with van der Waals surface area (Å²) in [4.78, 5) is 4.76. The molecule has 154 valence electrons. The van der Waals surface area contributed by atoms with Crippen molar-refractivity contribution >= 4 is 22.1 Å². The molecule has 0 saturated heterocycles. The van der Waals surface area contributed by atoms with Crippen LogP contribution in [0, 0.1) is 13.8 Å². The van der Waals surface area contributed by atoms with E-state index in [1.165, 1.54) is 0 Å². The van der Waals surface area contributed by atoms with E-state index in [1.54, 1.807) is 6.20 Å². The van der Waals surface area contributed by atoms with E-state index in [0.717, 1.165) is 51.7 Å². The fourth-order valence-electron chi connectivity index (χ4n) is 4.73. The summed E-state index contributed by atoms with van der Waals surface area (Å²) < 4.78 is 41.8. The fraction of sp³-hybridized carbons (Fsp3) is 0.407. The van der Waals surface area contributed by atoms with Crippen LogP contribution < -0.4 is 4.57 Å². The molecule has 3 aromatic heterocycles. The summed E-state index contributed by atoms with van der Waals surface area (Å²) in [5, 5.41) is 1.96. The third kappa shape index (κ3) is 3.03. The zero-order valence-electron chi connectivity index (χ0n) is 22.2. The van der Waals surface area contributed by atoms with E-state index < -0.39 is 12.7 Å². The highest BCUT2D eigenvalue weighted by atomic mass is 16.3. The minimum absolute atomic E-state index is 0.272. The lowest BCUT2D eigenvalue weighted by atomic mass is 9.91. The molecule has 0 unspecified atom stereocenters. The van der Waals surface area contributed by atoms with Gasteiger partial charge in [-0.05, 0) is 61.7 Å². The van der Waals surface area contributed by atoms with E-state index in [9.17, 15) is 0 Å². The number of hydrogen-bond donors (Lipinski definition) is 0. The van der Waals surface area contributed by atoms with Crippen LogP contribution >= 0.6 is 0 Å². The molecule has 4 aromatic rings. The van der Waals surface area contributed by atoms with Crippen molar-refractivity contribution in [2.24, 2.45) is 7.05 Å². The maximum absolute atomic E-state index is 9.15. The van der Waals surface area contributed by atoms with Crippen molar-refractivity contribution in [2.75, 3.05) is 0 Å². The zero-order valence-corrected chi connectivity index (χ0v) is 18.2. The molecule has 3 nitrogen and oxygen atoms in total. The van der Waals surface area contributed by atoms with Crippen LogP contribution in [0.25, 0.3) is 33.3 Å². The standard InChI is InChI=1S/C27H31N2O/c1-16(2)23-13-12-21-20-11-10-17(3)25(26(20)30-27(21)28-23)24-14-22(18(4)15-29(24)5)19-8-6-7-9-19/h10-16,19H,6-9H2,1-5H3/q+1/i4D3,19D. The van der Waals surface area contributed by atoms with Crippen molar-refractivity contribution in [3.05, 3.63) is 58.9 Å². The molecule has 1 aliphatic rings. The van der Waals surface area contributed by atoms with E-state index >= 15 is 0 Å². The molecule has 1 saturated carbocycles. The summed E-state index contributed by atoms with van der Waals surface area (Å²) in [7, 11) is 1.87. The first-order valence-corrected chi connectivity index (χ1v) is 10.9. The molecule has 1 fully saturated rings. The largest absolute Gasteiger partial charge is 0.437 e. The van der Waals surface area contributed by atoms with Crippen LogP contribution in [0.15, 0.2) is 40.9 Å². The highest BCUT2D eigenvalue weighted by molar-refractivity contribution is 6.08. The van der Waals surface area contributed by atoms with Gasteiger partial charge < -0.3 is 4.42 Å². The molecule has 3 heterocycles. The van der Waals surface area contributed by atoms with Gasteiger partial charge in [0.05, 0.1) is 5.56 Å². The average Bonchev–Trinajstić information content (AvgIpc) is 3.37. The van der Waals surface area contributed by atoms with Gasteiger partial charge in [-0.1, -0.05) is 38.8 Å². The average molecular weight is 404 g/mol. The Kier molecular flexibility index (Phi) is 3.65. The predicted molar refractivity (Wildman–Crippen MR) is 123 cm³/mol. The molecular weight excluding hydrogens is 368 g/mol. The van der Waals surface area contributed by atoms with Crippen LogP contribution in [-0.4, -0.2) is 4.98 Å². The highest BCUT2D eigenvalue weighted by Gasteiger charge is 2.26. The van der Waals surface area contributed by atoms with Crippen molar-refractivity contribution in [3.8, 4) is 11.3 Å². The SMILES string of the molecule is [2H]C([2H])([2H])c1c[n+](C)c(-c2c(C)ccc3c2oc2nc(C(C)C)ccc23)cc1C1([2H])CCCC1. The summed E-state index contributed by atoms with van der Waals surface area (Å²) in [6, 6.07) is 10.2. The molecule has 0 bridgehead atoms. The maximum atomic E-state index is 9.15. The second-order valence-corrected chi connectivity index (χ2v) is 8.89. The second kappa shape index (κ2) is 7.23. The first-order valence-electron chi connectivity index (χ1n) is 12.9. The number of rotatable bonds is 3. The normalized spacial score (nSPS) is 18.6. The van der Waals surface area contributed by atoms with Gasteiger partial charge in [-0.3, -0.25) is 0 Å². The molecule has 30 heavy (non-hydrogen) atoms. The summed E-state index contributed by atoms with van der Waals surface area (Å²) in [6.45, 7) is 3.98. The van der Waals surface area contributed by atoms with E-state index in [1.807, 2.05) is 24.6 Å². The Bertz CT molecular complexity index is 1410. The first kappa shape index (κ1) is 15.2. The van der Waals surface area contributed by atoms with Gasteiger partial charge in [0.15, 0.2) is 11.8 Å². The molecule has 0 amide bonds. The number of nitrogens with zero attached hydrogens (tertiary/aromatic N) is 2. The lowest BCUT2D eigenvalue weighted by Gasteiger charge is -2.14. The van der Waals surface area contributed by atoms with Crippen molar-refractivity contribution < 1.29 is 14.5 Å². The Labute approximate surface area is 184 Å². The monoisotopic (exact) mass is 403 g/mol. The van der Waals surface area contributed by atoms with Gasteiger partial charge in [-0.25, -0.2) is 9.55 Å². The number of aryl methyl sites for hydroxylation is 3. The summed E-state index contributed by atoms with van der Waals surface area (Å²) >= 11 is 0. The topological polar surface area (TPSA) is 29.9 Å². The lowest BCUT2D eigenvalue weighted by Crippen LogP contribution is -2.32. The van der Waals surface area contributed by atoms with E-state index in [0.29, 0.717) is 30.0 Å². The van der Waals surface area contributed by atoms with Gasteiger partial charge in [0.2, 0.25) is 11.4 Å². The molecule has 0 spiro atoms. The fourth-order valence-corrected chi connectivity index (χ4v) is 4.73. The van der Waals surface area contributed by atoms with E-state index in [-0.39, 0.29) is 5.56 Å². The van der Waals surface area contributed by atoms with Gasteiger partial charge in [0, 0.05) is 33.6 Å². The summed E-state index contributed by atoms with van der Waals surface area (Å²) in [5.41, 5.74) is 6.04. The summed E-state index contributed by atoms with van der Waals surface area (Å²) in [5.74, 6) is -0.581. The number of fused-ring (bicyclic) bond motifs is 3. The highest BCUT2D eigenvalue weighted by Crippen LogP contribution is 2.40. The Hall–Kier alpha value is -2.68. The van der Waals surface area contributed by atoms with Gasteiger partial charge in [-0.15, -0.1) is 0 Å². The first-order chi connectivity index (χ1) is 16.0. The Morgan fingerprint density at radius 3 is 2.63 bits per heavy atom. The van der Waals surface area contributed by atoms with Crippen LogP contribution in [0.2, 0.25) is 0 Å². The lowest BCUT2D eigenvalue weighted by molar-refractivity contribution is -0.660. The molecule has 1 aromatic carbocycles. The predicted octanol–water partition coefficient (Wildman–Crippen LogP) is 6.87. The third-order valence-corrected chi connectivity index (χ3v) is 6.45. The molecule has 0 aliphatic heterocycles. The van der Waals surface area contributed by atoms with Crippen LogP contribution in [0.5, 0.6) is 0 Å². The van der Waals surface area contributed by atoms with Crippen LogP contribution in [-0.2, 0) is 7.05 Å². The maximum Gasteiger partial charge on any atom is 0.227 e. The van der Waals surface area contributed by atoms with Crippen LogP contribution in [0.3, 0.4) is 0 Å². The number of aromatic nitrogens is 2.